The van der Waals surface area contributed by atoms with E-state index in [0.29, 0.717) is 6.42 Å². The standard InChI is InChI=1S/C29H30N4O5S/c1-19-5-15-27(16-6-19)39(36,37)32-29(35)38-18-17-23-7-13-26(14-8-23)33-21(3)28(20(2)31-33)24-9-11-25(12-10-24)30-22(4)34/h5-16H,17-18H2,1-4H3,(H,30,34)(H,32,35). The summed E-state index contributed by atoms with van der Waals surface area (Å²) in [7, 11) is -3.99. The van der Waals surface area contributed by atoms with Crippen molar-refractivity contribution in [3.63, 3.8) is 0 Å². The summed E-state index contributed by atoms with van der Waals surface area (Å²) in [6.07, 6.45) is -0.603. The SMILES string of the molecule is CC(=O)Nc1ccc(-c2c(C)nn(-c3ccc(CCOC(=O)NS(=O)(=O)c4ccc(C)cc4)cc3)c2C)cc1. The van der Waals surface area contributed by atoms with Crippen molar-refractivity contribution in [2.24, 2.45) is 0 Å². The summed E-state index contributed by atoms with van der Waals surface area (Å²) in [6, 6.07) is 21.5. The summed E-state index contributed by atoms with van der Waals surface area (Å²) in [5.41, 5.74) is 7.32. The van der Waals surface area contributed by atoms with Crippen LogP contribution in [0.4, 0.5) is 10.5 Å². The summed E-state index contributed by atoms with van der Waals surface area (Å²) >= 11 is 0. The third kappa shape index (κ3) is 6.71. The quantitative estimate of drug-likeness (QED) is 0.318. The zero-order chi connectivity index (χ0) is 28.2. The first-order valence-corrected chi connectivity index (χ1v) is 13.8. The van der Waals surface area contributed by atoms with Gasteiger partial charge in [-0.2, -0.15) is 5.10 Å². The van der Waals surface area contributed by atoms with E-state index in [9.17, 15) is 18.0 Å². The molecule has 0 aliphatic heterocycles. The molecule has 0 unspecified atom stereocenters. The molecule has 1 heterocycles. The van der Waals surface area contributed by atoms with Crippen LogP contribution in [0.3, 0.4) is 0 Å². The van der Waals surface area contributed by atoms with Crippen molar-refractivity contribution < 1.29 is 22.7 Å². The fourth-order valence-corrected chi connectivity index (χ4v) is 5.11. The number of aromatic nitrogens is 2. The average molecular weight is 547 g/mol. The minimum atomic E-state index is -3.99. The van der Waals surface area contributed by atoms with Gasteiger partial charge in [0.15, 0.2) is 0 Å². The minimum Gasteiger partial charge on any atom is -0.448 e. The molecule has 0 atom stereocenters. The van der Waals surface area contributed by atoms with Crippen LogP contribution in [0.15, 0.2) is 77.7 Å². The van der Waals surface area contributed by atoms with Crippen LogP contribution in [0.1, 0.15) is 29.4 Å². The number of carbonyl (C=O) groups is 2. The second-order valence-electron chi connectivity index (χ2n) is 9.19. The molecular weight excluding hydrogens is 516 g/mol. The number of rotatable bonds is 8. The van der Waals surface area contributed by atoms with Crippen molar-refractivity contribution in [1.82, 2.24) is 14.5 Å². The van der Waals surface area contributed by atoms with Gasteiger partial charge in [-0.3, -0.25) is 4.79 Å². The molecule has 0 bridgehead atoms. The Morgan fingerprint density at radius 2 is 1.54 bits per heavy atom. The number of amides is 2. The molecule has 0 spiro atoms. The van der Waals surface area contributed by atoms with E-state index in [4.69, 9.17) is 9.84 Å². The maximum Gasteiger partial charge on any atom is 0.421 e. The third-order valence-electron chi connectivity index (χ3n) is 6.14. The molecule has 202 valence electrons. The van der Waals surface area contributed by atoms with Crippen LogP contribution in [-0.4, -0.2) is 36.8 Å². The summed E-state index contributed by atoms with van der Waals surface area (Å²) in [4.78, 5) is 23.3. The van der Waals surface area contributed by atoms with Crippen molar-refractivity contribution in [3.8, 4) is 16.8 Å². The van der Waals surface area contributed by atoms with E-state index in [2.05, 4.69) is 5.32 Å². The second-order valence-corrected chi connectivity index (χ2v) is 10.9. The van der Waals surface area contributed by atoms with Gasteiger partial charge in [-0.05, 0) is 68.3 Å². The molecule has 9 nitrogen and oxygen atoms in total. The van der Waals surface area contributed by atoms with Crippen LogP contribution in [0.5, 0.6) is 0 Å². The predicted octanol–water partition coefficient (Wildman–Crippen LogP) is 5.08. The smallest absolute Gasteiger partial charge is 0.421 e. The highest BCUT2D eigenvalue weighted by molar-refractivity contribution is 7.90. The highest BCUT2D eigenvalue weighted by Gasteiger charge is 2.18. The van der Waals surface area contributed by atoms with Crippen LogP contribution in [0.2, 0.25) is 0 Å². The molecule has 39 heavy (non-hydrogen) atoms. The number of sulfonamides is 1. The van der Waals surface area contributed by atoms with E-state index < -0.39 is 16.1 Å². The zero-order valence-electron chi connectivity index (χ0n) is 22.2. The molecule has 4 aromatic rings. The molecule has 0 radical (unpaired) electrons. The van der Waals surface area contributed by atoms with Gasteiger partial charge < -0.3 is 10.1 Å². The molecule has 0 aliphatic carbocycles. The molecule has 0 aliphatic rings. The number of ether oxygens (including phenoxy) is 1. The van der Waals surface area contributed by atoms with Crippen molar-refractivity contribution in [2.75, 3.05) is 11.9 Å². The van der Waals surface area contributed by atoms with Crippen molar-refractivity contribution in [2.45, 2.75) is 39.0 Å². The summed E-state index contributed by atoms with van der Waals surface area (Å²) < 4.78 is 33.5. The van der Waals surface area contributed by atoms with Gasteiger partial charge in [-0.1, -0.05) is 42.0 Å². The van der Waals surface area contributed by atoms with Crippen molar-refractivity contribution >= 4 is 27.7 Å². The first kappa shape index (κ1) is 27.6. The lowest BCUT2D eigenvalue weighted by Crippen LogP contribution is -2.31. The number of nitrogens with one attached hydrogen (secondary N) is 2. The second kappa shape index (κ2) is 11.5. The van der Waals surface area contributed by atoms with Gasteiger partial charge in [0.25, 0.3) is 10.0 Å². The van der Waals surface area contributed by atoms with E-state index in [-0.39, 0.29) is 17.4 Å². The summed E-state index contributed by atoms with van der Waals surface area (Å²) in [5, 5.41) is 7.49. The van der Waals surface area contributed by atoms with Crippen molar-refractivity contribution in [3.05, 3.63) is 95.3 Å². The fourth-order valence-electron chi connectivity index (χ4n) is 4.22. The van der Waals surface area contributed by atoms with Gasteiger partial charge in [0.2, 0.25) is 5.91 Å². The lowest BCUT2D eigenvalue weighted by molar-refractivity contribution is -0.114. The number of carbonyl (C=O) groups excluding carboxylic acids is 2. The molecule has 3 aromatic carbocycles. The van der Waals surface area contributed by atoms with E-state index in [0.717, 1.165) is 45.0 Å². The highest BCUT2D eigenvalue weighted by atomic mass is 32.2. The number of hydrogen-bond acceptors (Lipinski definition) is 6. The monoisotopic (exact) mass is 546 g/mol. The number of nitrogens with zero attached hydrogens (tertiary/aromatic N) is 2. The molecule has 0 saturated carbocycles. The zero-order valence-corrected chi connectivity index (χ0v) is 23.0. The van der Waals surface area contributed by atoms with Crippen LogP contribution >= 0.6 is 0 Å². The Kier molecular flexibility index (Phi) is 8.15. The first-order valence-electron chi connectivity index (χ1n) is 12.3. The van der Waals surface area contributed by atoms with Gasteiger partial charge in [0.05, 0.1) is 22.9 Å². The van der Waals surface area contributed by atoms with Gasteiger partial charge in [-0.25, -0.2) is 22.6 Å². The maximum absolute atomic E-state index is 12.3. The Morgan fingerprint density at radius 3 is 2.15 bits per heavy atom. The lowest BCUT2D eigenvalue weighted by Gasteiger charge is -2.09. The predicted molar refractivity (Wildman–Crippen MR) is 149 cm³/mol. The molecule has 10 heteroatoms. The van der Waals surface area contributed by atoms with Gasteiger partial charge >= 0.3 is 6.09 Å². The number of anilines is 1. The highest BCUT2D eigenvalue weighted by Crippen LogP contribution is 2.29. The number of aryl methyl sites for hydroxylation is 2. The van der Waals surface area contributed by atoms with Crippen LogP contribution in [0, 0.1) is 20.8 Å². The Morgan fingerprint density at radius 1 is 0.897 bits per heavy atom. The number of benzene rings is 3. The van der Waals surface area contributed by atoms with Gasteiger partial charge in [0, 0.05) is 30.3 Å². The van der Waals surface area contributed by atoms with E-state index in [1.165, 1.54) is 19.1 Å². The topological polar surface area (TPSA) is 119 Å². The molecule has 0 saturated heterocycles. The summed E-state index contributed by atoms with van der Waals surface area (Å²) in [6.45, 7) is 7.30. The molecule has 1 aromatic heterocycles. The van der Waals surface area contributed by atoms with E-state index >= 15 is 0 Å². The molecule has 0 fully saturated rings. The number of hydrogen-bond donors (Lipinski definition) is 2. The Bertz CT molecular complexity index is 1590. The average Bonchev–Trinajstić information content (AvgIpc) is 3.18. The van der Waals surface area contributed by atoms with Crippen LogP contribution in [-0.2, 0) is 26.0 Å². The minimum absolute atomic E-state index is 0.00467. The molecule has 4 rings (SSSR count). The van der Waals surface area contributed by atoms with E-state index in [1.807, 2.05) is 78.7 Å². The van der Waals surface area contributed by atoms with Crippen molar-refractivity contribution in [1.29, 1.82) is 0 Å². The Balaban J connectivity index is 1.37. The fraction of sp³-hybridized carbons (Fsp3) is 0.207. The van der Waals surface area contributed by atoms with Crippen LogP contribution in [0.25, 0.3) is 16.8 Å². The Hall–Kier alpha value is -4.44. The van der Waals surface area contributed by atoms with Gasteiger partial charge in [-0.15, -0.1) is 0 Å². The van der Waals surface area contributed by atoms with Gasteiger partial charge in [0.1, 0.15) is 0 Å². The maximum atomic E-state index is 12.3. The molecule has 2 N–H and O–H groups in total. The first-order chi connectivity index (χ1) is 18.5. The molecule has 2 amide bonds. The largest absolute Gasteiger partial charge is 0.448 e. The Labute approximate surface area is 227 Å². The summed E-state index contributed by atoms with van der Waals surface area (Å²) in [5.74, 6) is -0.118. The lowest BCUT2D eigenvalue weighted by atomic mass is 10.0. The third-order valence-corrected chi connectivity index (χ3v) is 7.47. The van der Waals surface area contributed by atoms with Crippen LogP contribution < -0.4 is 10.0 Å². The molecular formula is C29H30N4O5S. The normalized spacial score (nSPS) is 11.2. The van der Waals surface area contributed by atoms with E-state index in [1.54, 1.807) is 12.1 Å².